The van der Waals surface area contributed by atoms with Crippen LogP contribution in [0.15, 0.2) is 102 Å². The van der Waals surface area contributed by atoms with Crippen molar-refractivity contribution in [2.75, 3.05) is 11.4 Å². The smallest absolute Gasteiger partial charge is 0.303 e. The number of para-hydroxylation sites is 2. The first-order valence-corrected chi connectivity index (χ1v) is 16.1. The van der Waals surface area contributed by atoms with Crippen LogP contribution in [-0.4, -0.2) is 40.9 Å². The van der Waals surface area contributed by atoms with Gasteiger partial charge in [-0.25, -0.2) is 0 Å². The van der Waals surface area contributed by atoms with Crippen LogP contribution in [0.2, 0.25) is 0 Å². The Morgan fingerprint density at radius 1 is 0.884 bits per heavy atom. The number of rotatable bonds is 10. The summed E-state index contributed by atoms with van der Waals surface area (Å²) in [6.45, 7) is 9.24. The molecule has 0 saturated heterocycles. The number of anilines is 2. The minimum absolute atomic E-state index is 0.128. The molecule has 3 aromatic rings. The molecule has 5 rings (SSSR count). The molecule has 0 atom stereocenters. The molecule has 0 aromatic heterocycles. The summed E-state index contributed by atoms with van der Waals surface area (Å²) >= 11 is 0. The van der Waals surface area contributed by atoms with Crippen LogP contribution in [0.5, 0.6) is 0 Å². The number of aliphatic carboxylic acids is 1. The third kappa shape index (κ3) is 5.82. The van der Waals surface area contributed by atoms with Gasteiger partial charge in [-0.15, -0.1) is 0 Å². The number of hydrogen-bond donors (Lipinski definition) is 2. The molecule has 224 valence electrons. The first-order chi connectivity index (χ1) is 20.3. The van der Waals surface area contributed by atoms with Crippen molar-refractivity contribution in [2.24, 2.45) is 0 Å². The molecule has 2 aliphatic rings. The minimum Gasteiger partial charge on any atom is -0.481 e. The average molecular weight is 600 g/mol. The normalized spacial score (nSPS) is 18.0. The number of carbonyl (C=O) groups is 1. The molecule has 0 aliphatic carbocycles. The van der Waals surface area contributed by atoms with Crippen molar-refractivity contribution in [2.45, 2.75) is 69.1 Å². The number of fused-ring (bicyclic) bond motifs is 2. The number of carboxylic acids is 1. The first kappa shape index (κ1) is 30.4. The van der Waals surface area contributed by atoms with E-state index in [0.29, 0.717) is 13.0 Å². The summed E-state index contributed by atoms with van der Waals surface area (Å²) in [7, 11) is -4.36. The monoisotopic (exact) mass is 599 g/mol. The van der Waals surface area contributed by atoms with Crippen molar-refractivity contribution in [3.8, 4) is 0 Å². The first-order valence-electron chi connectivity index (χ1n) is 14.7. The van der Waals surface area contributed by atoms with E-state index in [2.05, 4.69) is 91.8 Å². The van der Waals surface area contributed by atoms with E-state index in [4.69, 9.17) is 5.11 Å². The molecule has 8 heteroatoms. The highest BCUT2D eigenvalue weighted by Gasteiger charge is 2.45. The van der Waals surface area contributed by atoms with Gasteiger partial charge < -0.3 is 10.0 Å². The molecule has 2 N–H and O–H groups in total. The van der Waals surface area contributed by atoms with Crippen molar-refractivity contribution in [1.29, 1.82) is 0 Å². The lowest BCUT2D eigenvalue weighted by Crippen LogP contribution is -2.28. The van der Waals surface area contributed by atoms with Gasteiger partial charge in [0.1, 0.15) is 6.54 Å². The van der Waals surface area contributed by atoms with Crippen LogP contribution < -0.4 is 4.90 Å². The van der Waals surface area contributed by atoms with Crippen LogP contribution >= 0.6 is 0 Å². The molecule has 0 fully saturated rings. The predicted molar refractivity (Wildman–Crippen MR) is 170 cm³/mol. The number of unbranched alkanes of at least 4 members (excludes halogenated alkanes) is 2. The van der Waals surface area contributed by atoms with Gasteiger partial charge in [-0.1, -0.05) is 56.3 Å². The number of carboxylic acid groups (broad SMARTS) is 1. The Bertz CT molecular complexity index is 1750. The van der Waals surface area contributed by atoms with Crippen LogP contribution in [0.3, 0.4) is 0 Å². The molecule has 0 amide bonds. The number of allylic oxidation sites excluding steroid dienone is 4. The third-order valence-corrected chi connectivity index (χ3v) is 9.51. The van der Waals surface area contributed by atoms with Crippen molar-refractivity contribution >= 4 is 38.9 Å². The van der Waals surface area contributed by atoms with Crippen LogP contribution in [0.25, 0.3) is 0 Å². The van der Waals surface area contributed by atoms with Gasteiger partial charge in [0.25, 0.3) is 10.1 Å². The largest absolute Gasteiger partial charge is 0.481 e. The van der Waals surface area contributed by atoms with E-state index in [1.807, 2.05) is 18.2 Å². The van der Waals surface area contributed by atoms with Crippen LogP contribution in [-0.2, 0) is 25.7 Å². The molecule has 0 radical (unpaired) electrons. The van der Waals surface area contributed by atoms with Crippen LogP contribution in [0.1, 0.15) is 64.5 Å². The zero-order valence-electron chi connectivity index (χ0n) is 25.1. The maximum absolute atomic E-state index is 12.0. The lowest BCUT2D eigenvalue weighted by molar-refractivity contribution is -0.438. The fourth-order valence-corrected chi connectivity index (χ4v) is 6.90. The van der Waals surface area contributed by atoms with E-state index in [0.717, 1.165) is 46.9 Å². The van der Waals surface area contributed by atoms with Gasteiger partial charge in [0, 0.05) is 53.0 Å². The van der Waals surface area contributed by atoms with Crippen LogP contribution in [0.4, 0.5) is 17.1 Å². The van der Waals surface area contributed by atoms with Crippen LogP contribution in [0, 0.1) is 0 Å². The van der Waals surface area contributed by atoms with Gasteiger partial charge in [0.15, 0.2) is 5.71 Å². The predicted octanol–water partition coefficient (Wildman–Crippen LogP) is 7.52. The summed E-state index contributed by atoms with van der Waals surface area (Å²) in [5, 5.41) is 9.03. The second-order valence-electron chi connectivity index (χ2n) is 12.2. The summed E-state index contributed by atoms with van der Waals surface area (Å²) in [6, 6.07) is 23.5. The minimum atomic E-state index is -4.36. The molecule has 43 heavy (non-hydrogen) atoms. The Hall–Kier alpha value is -4.01. The van der Waals surface area contributed by atoms with Gasteiger partial charge in [-0.3, -0.25) is 9.35 Å². The number of hydrogen-bond acceptors (Lipinski definition) is 4. The second-order valence-corrected chi connectivity index (χ2v) is 13.7. The molecule has 2 aliphatic heterocycles. The molecule has 0 bridgehead atoms. The maximum Gasteiger partial charge on any atom is 0.303 e. The Morgan fingerprint density at radius 3 is 2.28 bits per heavy atom. The Balaban J connectivity index is 1.56. The Labute approximate surface area is 254 Å². The van der Waals surface area contributed by atoms with Gasteiger partial charge in [-0.2, -0.15) is 13.0 Å². The molecule has 0 spiro atoms. The highest BCUT2D eigenvalue weighted by Crippen LogP contribution is 2.51. The van der Waals surface area contributed by atoms with E-state index in [9.17, 15) is 17.8 Å². The molecule has 3 aromatic carbocycles. The van der Waals surface area contributed by atoms with Gasteiger partial charge in [-0.05, 0) is 68.7 Å². The Morgan fingerprint density at radius 2 is 1.58 bits per heavy atom. The standard InChI is InChI=1S/C35H38N2O5S/c1-34(2)27-16-10-11-17-30(27)37(25-14-7-5-8-15-25)32(34)19-13-18-31-35(3,4)28-24-26(43(40,41)42)21-22-29(28)36(31)23-12-6-9-20-33(38)39/h5,7-8,10-11,13-19,21-22,24H,6,9,12,20,23H2,1-4H3,(H-,38,39,40,41,42)/p+1. The van der Waals surface area contributed by atoms with Crippen molar-refractivity contribution < 1.29 is 27.4 Å². The summed E-state index contributed by atoms with van der Waals surface area (Å²) in [4.78, 5) is 13.2. The lowest BCUT2D eigenvalue weighted by atomic mass is 9.81. The zero-order chi connectivity index (χ0) is 31.0. The fraction of sp³-hybridized carbons (Fsp3) is 0.314. The van der Waals surface area contributed by atoms with E-state index >= 15 is 0 Å². The van der Waals surface area contributed by atoms with E-state index in [1.165, 1.54) is 11.6 Å². The summed E-state index contributed by atoms with van der Waals surface area (Å²) < 4.78 is 35.9. The molecular formula is C35H39N2O5S+. The Kier molecular flexibility index (Phi) is 8.20. The fourth-order valence-electron chi connectivity index (χ4n) is 6.39. The van der Waals surface area contributed by atoms with Crippen molar-refractivity contribution in [3.05, 3.63) is 108 Å². The number of nitrogens with zero attached hydrogens (tertiary/aromatic N) is 2. The molecule has 0 saturated carbocycles. The molecule has 7 nitrogen and oxygen atoms in total. The lowest BCUT2D eigenvalue weighted by Gasteiger charge is -2.27. The molecule has 0 unspecified atom stereocenters. The van der Waals surface area contributed by atoms with Gasteiger partial charge >= 0.3 is 5.97 Å². The molecular weight excluding hydrogens is 560 g/mol. The van der Waals surface area contributed by atoms with Crippen molar-refractivity contribution in [3.63, 3.8) is 0 Å². The van der Waals surface area contributed by atoms with E-state index in [1.54, 1.807) is 12.1 Å². The SMILES string of the molecule is CC1(C)C(/C=C/C=C2/N(c3ccccc3)c3ccccc3C2(C)C)=[N+](CCCCCC(=O)O)c2ccc(S(=O)(=O)O)cc21. The summed E-state index contributed by atoms with van der Waals surface area (Å²) in [5.74, 6) is -0.796. The average Bonchev–Trinajstić information content (AvgIpc) is 3.31. The molecule has 2 heterocycles. The van der Waals surface area contributed by atoms with Gasteiger partial charge in [0.05, 0.1) is 10.3 Å². The quantitative estimate of drug-likeness (QED) is 0.142. The topological polar surface area (TPSA) is 97.9 Å². The third-order valence-electron chi connectivity index (χ3n) is 8.66. The summed E-state index contributed by atoms with van der Waals surface area (Å²) in [6.07, 6.45) is 8.62. The summed E-state index contributed by atoms with van der Waals surface area (Å²) in [5.41, 5.74) is 6.55. The highest BCUT2D eigenvalue weighted by atomic mass is 32.2. The second kappa shape index (κ2) is 11.6. The van der Waals surface area contributed by atoms with Gasteiger partial charge in [0.2, 0.25) is 5.69 Å². The van der Waals surface area contributed by atoms with E-state index in [-0.39, 0.29) is 16.7 Å². The number of benzene rings is 3. The van der Waals surface area contributed by atoms with E-state index < -0.39 is 21.5 Å². The highest BCUT2D eigenvalue weighted by molar-refractivity contribution is 7.85. The van der Waals surface area contributed by atoms with Crippen molar-refractivity contribution in [1.82, 2.24) is 0 Å². The zero-order valence-corrected chi connectivity index (χ0v) is 25.9. The maximum atomic E-state index is 12.0.